The maximum Gasteiger partial charge on any atom is 0.238 e. The highest BCUT2D eigenvalue weighted by atomic mass is 16.1. The first-order valence-corrected chi connectivity index (χ1v) is 6.00. The van der Waals surface area contributed by atoms with Crippen molar-refractivity contribution in [3.8, 4) is 0 Å². The number of rotatable bonds is 5. The van der Waals surface area contributed by atoms with Crippen molar-refractivity contribution < 1.29 is 4.79 Å². The van der Waals surface area contributed by atoms with Gasteiger partial charge in [0, 0.05) is 11.7 Å². The number of amides is 1. The molecule has 2 N–H and O–H groups in total. The molecule has 94 valence electrons. The zero-order valence-corrected chi connectivity index (χ0v) is 11.0. The second-order valence-electron chi connectivity index (χ2n) is 4.32. The first-order valence-electron chi connectivity index (χ1n) is 6.00. The van der Waals surface area contributed by atoms with E-state index in [1.165, 1.54) is 0 Å². The molecule has 17 heavy (non-hydrogen) atoms. The molecule has 0 radical (unpaired) electrons. The van der Waals surface area contributed by atoms with Crippen LogP contribution in [0.4, 0.5) is 5.69 Å². The molecule has 0 saturated heterocycles. The predicted molar refractivity (Wildman–Crippen MR) is 70.1 cm³/mol. The zero-order valence-electron chi connectivity index (χ0n) is 11.0. The molecule has 1 aromatic heterocycles. The molecule has 0 aliphatic carbocycles. The Hall–Kier alpha value is -1.42. The maximum atomic E-state index is 11.7. The summed E-state index contributed by atoms with van der Waals surface area (Å²) in [7, 11) is 0. The van der Waals surface area contributed by atoms with Crippen molar-refractivity contribution in [2.24, 2.45) is 0 Å². The minimum absolute atomic E-state index is 0.0287. The number of nitrogens with one attached hydrogen (secondary N) is 2. The van der Waals surface area contributed by atoms with Crippen LogP contribution in [0.5, 0.6) is 0 Å². The van der Waals surface area contributed by atoms with E-state index in [0.29, 0.717) is 12.6 Å². The lowest BCUT2D eigenvalue weighted by Crippen LogP contribution is -2.34. The van der Waals surface area contributed by atoms with Crippen LogP contribution in [-0.4, -0.2) is 23.5 Å². The number of hydrogen-bond acceptors (Lipinski definition) is 3. The Kier molecular flexibility index (Phi) is 5.10. The largest absolute Gasteiger partial charge is 0.323 e. The summed E-state index contributed by atoms with van der Waals surface area (Å²) in [5.74, 6) is -0.0287. The van der Waals surface area contributed by atoms with Crippen molar-refractivity contribution in [1.29, 1.82) is 0 Å². The van der Waals surface area contributed by atoms with Crippen LogP contribution in [0.25, 0.3) is 0 Å². The van der Waals surface area contributed by atoms with Gasteiger partial charge in [-0.2, -0.15) is 0 Å². The smallest absolute Gasteiger partial charge is 0.238 e. The van der Waals surface area contributed by atoms with Gasteiger partial charge >= 0.3 is 0 Å². The summed E-state index contributed by atoms with van der Waals surface area (Å²) in [6.07, 6.45) is 1.01. The predicted octanol–water partition coefficient (Wildman–Crippen LogP) is 2.03. The lowest BCUT2D eigenvalue weighted by Gasteiger charge is -2.12. The van der Waals surface area contributed by atoms with Crippen LogP contribution >= 0.6 is 0 Å². The van der Waals surface area contributed by atoms with Gasteiger partial charge in [-0.05, 0) is 39.3 Å². The molecule has 0 spiro atoms. The van der Waals surface area contributed by atoms with Gasteiger partial charge in [0.2, 0.25) is 5.91 Å². The molecule has 1 aromatic rings. The van der Waals surface area contributed by atoms with Crippen LogP contribution in [0, 0.1) is 13.8 Å². The molecule has 1 atom stereocenters. The Labute approximate surface area is 103 Å². The second kappa shape index (κ2) is 6.35. The number of nitrogens with zero attached hydrogens (tertiary/aromatic N) is 1. The van der Waals surface area contributed by atoms with Crippen LogP contribution in [-0.2, 0) is 4.79 Å². The summed E-state index contributed by atoms with van der Waals surface area (Å²) in [5, 5.41) is 6.00. The molecule has 1 rings (SSSR count). The van der Waals surface area contributed by atoms with Crippen LogP contribution in [0.2, 0.25) is 0 Å². The molecule has 0 aliphatic rings. The standard InChI is InChI=1S/C13H21N3O/c1-5-9(2)14-8-13(17)16-12-7-6-10(3)15-11(12)4/h6-7,9,14H,5,8H2,1-4H3,(H,16,17). The quantitative estimate of drug-likeness (QED) is 0.821. The SMILES string of the molecule is CCC(C)NCC(=O)Nc1ccc(C)nc1C. The topological polar surface area (TPSA) is 54.0 Å². The molecule has 1 unspecified atom stereocenters. The van der Waals surface area contributed by atoms with E-state index in [4.69, 9.17) is 0 Å². The Morgan fingerprint density at radius 2 is 2.12 bits per heavy atom. The van der Waals surface area contributed by atoms with Gasteiger partial charge in [0.1, 0.15) is 0 Å². The van der Waals surface area contributed by atoms with Crippen molar-refractivity contribution in [3.63, 3.8) is 0 Å². The molecule has 0 bridgehead atoms. The van der Waals surface area contributed by atoms with Crippen LogP contribution in [0.3, 0.4) is 0 Å². The molecule has 0 saturated carbocycles. The van der Waals surface area contributed by atoms with Crippen LogP contribution in [0.1, 0.15) is 31.7 Å². The van der Waals surface area contributed by atoms with Gasteiger partial charge in [0.15, 0.2) is 0 Å². The number of carbonyl (C=O) groups excluding carboxylic acids is 1. The summed E-state index contributed by atoms with van der Waals surface area (Å²) in [6, 6.07) is 4.14. The lowest BCUT2D eigenvalue weighted by molar-refractivity contribution is -0.115. The lowest BCUT2D eigenvalue weighted by atomic mass is 10.2. The molecular weight excluding hydrogens is 214 g/mol. The monoisotopic (exact) mass is 235 g/mol. The average molecular weight is 235 g/mol. The number of aryl methyl sites for hydroxylation is 2. The van der Waals surface area contributed by atoms with Gasteiger partial charge < -0.3 is 10.6 Å². The van der Waals surface area contributed by atoms with E-state index >= 15 is 0 Å². The minimum atomic E-state index is -0.0287. The van der Waals surface area contributed by atoms with Gasteiger partial charge in [-0.1, -0.05) is 6.92 Å². The van der Waals surface area contributed by atoms with E-state index in [-0.39, 0.29) is 5.91 Å². The molecule has 4 nitrogen and oxygen atoms in total. The van der Waals surface area contributed by atoms with Crippen molar-refractivity contribution in [2.45, 2.75) is 40.2 Å². The zero-order chi connectivity index (χ0) is 12.8. The van der Waals surface area contributed by atoms with Crippen LogP contribution < -0.4 is 10.6 Å². The van der Waals surface area contributed by atoms with Crippen LogP contribution in [0.15, 0.2) is 12.1 Å². The van der Waals surface area contributed by atoms with E-state index in [1.54, 1.807) is 0 Å². The molecule has 1 amide bonds. The molecular formula is C13H21N3O. The summed E-state index contributed by atoms with van der Waals surface area (Å²) in [6.45, 7) is 8.31. The number of carbonyl (C=O) groups is 1. The molecule has 0 aromatic carbocycles. The van der Waals surface area contributed by atoms with Gasteiger partial charge in [-0.25, -0.2) is 0 Å². The maximum absolute atomic E-state index is 11.7. The minimum Gasteiger partial charge on any atom is -0.323 e. The van der Waals surface area contributed by atoms with E-state index < -0.39 is 0 Å². The van der Waals surface area contributed by atoms with Gasteiger partial charge in [-0.15, -0.1) is 0 Å². The fourth-order valence-corrected chi connectivity index (χ4v) is 1.42. The van der Waals surface area contributed by atoms with Crippen molar-refractivity contribution in [2.75, 3.05) is 11.9 Å². The first kappa shape index (κ1) is 13.6. The normalized spacial score (nSPS) is 12.2. The van der Waals surface area contributed by atoms with Crippen molar-refractivity contribution in [1.82, 2.24) is 10.3 Å². The third-order valence-electron chi connectivity index (χ3n) is 2.72. The Morgan fingerprint density at radius 3 is 2.71 bits per heavy atom. The average Bonchev–Trinajstić information content (AvgIpc) is 2.29. The number of aromatic nitrogens is 1. The summed E-state index contributed by atoms with van der Waals surface area (Å²) in [4.78, 5) is 16.0. The van der Waals surface area contributed by atoms with Gasteiger partial charge in [0.05, 0.1) is 17.9 Å². The third-order valence-corrected chi connectivity index (χ3v) is 2.72. The van der Waals surface area contributed by atoms with E-state index in [2.05, 4.69) is 29.5 Å². The second-order valence-corrected chi connectivity index (χ2v) is 4.32. The number of anilines is 1. The van der Waals surface area contributed by atoms with E-state index in [9.17, 15) is 4.79 Å². The molecule has 4 heteroatoms. The van der Waals surface area contributed by atoms with E-state index in [1.807, 2.05) is 26.0 Å². The van der Waals surface area contributed by atoms with Crippen molar-refractivity contribution in [3.05, 3.63) is 23.5 Å². The Balaban J connectivity index is 2.50. The third kappa shape index (κ3) is 4.53. The fraction of sp³-hybridized carbons (Fsp3) is 0.538. The Morgan fingerprint density at radius 1 is 1.41 bits per heavy atom. The molecule has 0 aliphatic heterocycles. The highest BCUT2D eigenvalue weighted by Crippen LogP contribution is 2.12. The van der Waals surface area contributed by atoms with Gasteiger partial charge in [-0.3, -0.25) is 9.78 Å². The van der Waals surface area contributed by atoms with Gasteiger partial charge in [0.25, 0.3) is 0 Å². The summed E-state index contributed by atoms with van der Waals surface area (Å²) < 4.78 is 0. The summed E-state index contributed by atoms with van der Waals surface area (Å²) in [5.41, 5.74) is 2.59. The highest BCUT2D eigenvalue weighted by Gasteiger charge is 2.06. The van der Waals surface area contributed by atoms with Crippen molar-refractivity contribution >= 4 is 11.6 Å². The van der Waals surface area contributed by atoms with E-state index in [0.717, 1.165) is 23.5 Å². The Bertz CT molecular complexity index is 390. The summed E-state index contributed by atoms with van der Waals surface area (Å²) >= 11 is 0. The number of hydrogen-bond donors (Lipinski definition) is 2. The number of pyridine rings is 1. The fourth-order valence-electron chi connectivity index (χ4n) is 1.42. The molecule has 0 fully saturated rings. The highest BCUT2D eigenvalue weighted by molar-refractivity contribution is 5.92. The molecule has 1 heterocycles. The first-order chi connectivity index (χ1) is 8.02.